The first-order chi connectivity index (χ1) is 16.2. The lowest BCUT2D eigenvalue weighted by atomic mass is 10.1. The molecule has 2 aromatic rings. The Morgan fingerprint density at radius 2 is 1.85 bits per heavy atom. The minimum absolute atomic E-state index is 0.0618. The molecule has 34 heavy (non-hydrogen) atoms. The molecule has 0 saturated heterocycles. The first-order valence-corrected chi connectivity index (χ1v) is 11.2. The van der Waals surface area contributed by atoms with E-state index < -0.39 is 35.8 Å². The molecule has 9 nitrogen and oxygen atoms in total. The number of amides is 3. The number of ether oxygens (including phenoxy) is 2. The topological polar surface area (TPSA) is 108 Å². The van der Waals surface area contributed by atoms with Gasteiger partial charge in [0.15, 0.2) is 0 Å². The first kappa shape index (κ1) is 23.6. The first-order valence-electron chi connectivity index (χ1n) is 11.2. The normalized spacial score (nSPS) is 19.4. The van der Waals surface area contributed by atoms with E-state index in [1.165, 1.54) is 9.80 Å². The van der Waals surface area contributed by atoms with Crippen LogP contribution in [0.15, 0.2) is 48.5 Å². The van der Waals surface area contributed by atoms with Gasteiger partial charge in [-0.15, -0.1) is 0 Å². The summed E-state index contributed by atoms with van der Waals surface area (Å²) in [5.41, 5.74) is 1.95. The fourth-order valence-electron chi connectivity index (χ4n) is 4.26. The Labute approximate surface area is 198 Å². The zero-order valence-corrected chi connectivity index (χ0v) is 19.5. The maximum absolute atomic E-state index is 13.6. The van der Waals surface area contributed by atoms with Crippen molar-refractivity contribution in [3.8, 4) is 0 Å². The van der Waals surface area contributed by atoms with Crippen molar-refractivity contribution in [1.29, 1.82) is 0 Å². The lowest BCUT2D eigenvalue weighted by molar-refractivity contribution is -0.120. The van der Waals surface area contributed by atoms with Gasteiger partial charge in [0.25, 0.3) is 5.91 Å². The van der Waals surface area contributed by atoms with Gasteiger partial charge in [-0.05, 0) is 44.4 Å². The van der Waals surface area contributed by atoms with E-state index in [0.717, 1.165) is 11.1 Å². The molecule has 9 heteroatoms. The van der Waals surface area contributed by atoms with Gasteiger partial charge in [0.2, 0.25) is 0 Å². The number of benzene rings is 2. The Morgan fingerprint density at radius 3 is 2.53 bits per heavy atom. The number of nitrogens with zero attached hydrogens (tertiary/aromatic N) is 2. The molecule has 0 aromatic heterocycles. The summed E-state index contributed by atoms with van der Waals surface area (Å²) in [6, 6.07) is 13.1. The van der Waals surface area contributed by atoms with Gasteiger partial charge in [0.05, 0.1) is 30.6 Å². The second-order valence-corrected chi connectivity index (χ2v) is 9.38. The molecule has 0 fully saturated rings. The van der Waals surface area contributed by atoms with E-state index in [2.05, 4.69) is 5.32 Å². The summed E-state index contributed by atoms with van der Waals surface area (Å²) in [5, 5.41) is 12.6. The van der Waals surface area contributed by atoms with Crippen LogP contribution in [0.3, 0.4) is 0 Å². The number of aliphatic hydroxyl groups excluding tert-OH is 1. The lowest BCUT2D eigenvalue weighted by Gasteiger charge is -2.28. The Balaban J connectivity index is 1.66. The van der Waals surface area contributed by atoms with Crippen molar-refractivity contribution in [2.75, 3.05) is 23.0 Å². The molecular weight excluding hydrogens is 438 g/mol. The fraction of sp³-hybridized carbons (Fsp3) is 0.400. The molecule has 180 valence electrons. The van der Waals surface area contributed by atoms with Crippen LogP contribution >= 0.6 is 0 Å². The number of rotatable bonds is 4. The van der Waals surface area contributed by atoms with Gasteiger partial charge in [0.1, 0.15) is 18.2 Å². The van der Waals surface area contributed by atoms with E-state index in [4.69, 9.17) is 9.47 Å². The lowest BCUT2D eigenvalue weighted by Crippen LogP contribution is -2.55. The van der Waals surface area contributed by atoms with Crippen LogP contribution in [0.2, 0.25) is 0 Å². The Hall–Kier alpha value is -3.59. The van der Waals surface area contributed by atoms with E-state index in [1.54, 1.807) is 32.9 Å². The molecule has 0 bridgehead atoms. The third-order valence-corrected chi connectivity index (χ3v) is 5.68. The van der Waals surface area contributed by atoms with E-state index in [-0.39, 0.29) is 19.8 Å². The molecule has 2 N–H and O–H groups in total. The van der Waals surface area contributed by atoms with Gasteiger partial charge < -0.3 is 24.8 Å². The average molecular weight is 468 g/mol. The Morgan fingerprint density at radius 1 is 1.12 bits per heavy atom. The summed E-state index contributed by atoms with van der Waals surface area (Å²) in [7, 11) is 0. The Kier molecular flexibility index (Phi) is 6.47. The SMILES string of the molecule is CC(C)(C)OC(=O)N[C@H]1CN(C(=O)OCc2ccccc2)c2cccc3c2N(C1=O)[C@H](CO)C3. The summed E-state index contributed by atoms with van der Waals surface area (Å²) in [6.07, 6.45) is -0.970. The molecule has 2 aliphatic heterocycles. The number of hydrogen-bond donors (Lipinski definition) is 2. The van der Waals surface area contributed by atoms with Crippen molar-refractivity contribution in [3.63, 3.8) is 0 Å². The number of nitrogens with one attached hydrogen (secondary N) is 1. The summed E-state index contributed by atoms with van der Waals surface area (Å²) in [6.45, 7) is 4.83. The van der Waals surface area contributed by atoms with Crippen LogP contribution in [-0.4, -0.2) is 54.0 Å². The third-order valence-electron chi connectivity index (χ3n) is 5.68. The second-order valence-electron chi connectivity index (χ2n) is 9.38. The van der Waals surface area contributed by atoms with E-state index in [9.17, 15) is 19.5 Å². The molecule has 0 unspecified atom stereocenters. The largest absolute Gasteiger partial charge is 0.444 e. The number of carbonyl (C=O) groups excluding carboxylic acids is 3. The van der Waals surface area contributed by atoms with Crippen LogP contribution in [-0.2, 0) is 27.3 Å². The van der Waals surface area contributed by atoms with Crippen LogP contribution in [0.4, 0.5) is 21.0 Å². The summed E-state index contributed by atoms with van der Waals surface area (Å²) in [5.74, 6) is -0.422. The molecule has 4 rings (SSSR count). The summed E-state index contributed by atoms with van der Waals surface area (Å²) < 4.78 is 10.9. The molecule has 0 aliphatic carbocycles. The zero-order valence-electron chi connectivity index (χ0n) is 19.5. The van der Waals surface area contributed by atoms with Crippen molar-refractivity contribution in [3.05, 3.63) is 59.7 Å². The molecule has 0 spiro atoms. The fourth-order valence-corrected chi connectivity index (χ4v) is 4.26. The van der Waals surface area contributed by atoms with Crippen molar-refractivity contribution in [1.82, 2.24) is 5.32 Å². The van der Waals surface area contributed by atoms with Gasteiger partial charge in [-0.25, -0.2) is 9.59 Å². The van der Waals surface area contributed by atoms with E-state index in [0.29, 0.717) is 17.8 Å². The van der Waals surface area contributed by atoms with E-state index in [1.807, 2.05) is 36.4 Å². The smallest absolute Gasteiger partial charge is 0.414 e. The highest BCUT2D eigenvalue weighted by Crippen LogP contribution is 2.43. The molecular formula is C25H29N3O6. The molecule has 2 atom stereocenters. The molecule has 0 radical (unpaired) electrons. The van der Waals surface area contributed by atoms with Gasteiger partial charge in [-0.1, -0.05) is 42.5 Å². The predicted molar refractivity (Wildman–Crippen MR) is 126 cm³/mol. The van der Waals surface area contributed by atoms with E-state index >= 15 is 0 Å². The molecule has 0 saturated carbocycles. The van der Waals surface area contributed by atoms with Gasteiger partial charge >= 0.3 is 12.2 Å². The Bertz CT molecular complexity index is 1080. The average Bonchev–Trinajstić information content (AvgIpc) is 3.12. The molecule has 2 aliphatic rings. The van der Waals surface area contributed by atoms with Gasteiger partial charge in [-0.2, -0.15) is 0 Å². The van der Waals surface area contributed by atoms with Crippen LogP contribution in [0.1, 0.15) is 31.9 Å². The highest BCUT2D eigenvalue weighted by atomic mass is 16.6. The monoisotopic (exact) mass is 467 g/mol. The molecule has 2 aromatic carbocycles. The van der Waals surface area contributed by atoms with Gasteiger partial charge in [0, 0.05) is 0 Å². The van der Waals surface area contributed by atoms with Crippen molar-refractivity contribution < 1.29 is 29.0 Å². The number of anilines is 2. The second kappa shape index (κ2) is 9.34. The van der Waals surface area contributed by atoms with Crippen LogP contribution in [0, 0.1) is 0 Å². The van der Waals surface area contributed by atoms with Crippen LogP contribution in [0.25, 0.3) is 0 Å². The zero-order chi connectivity index (χ0) is 24.5. The number of carbonyl (C=O) groups is 3. The van der Waals surface area contributed by atoms with Gasteiger partial charge in [-0.3, -0.25) is 9.69 Å². The quantitative estimate of drug-likeness (QED) is 0.716. The summed E-state index contributed by atoms with van der Waals surface area (Å²) in [4.78, 5) is 42.1. The highest BCUT2D eigenvalue weighted by molar-refractivity contribution is 6.09. The summed E-state index contributed by atoms with van der Waals surface area (Å²) >= 11 is 0. The maximum Gasteiger partial charge on any atom is 0.414 e. The predicted octanol–water partition coefficient (Wildman–Crippen LogP) is 2.99. The van der Waals surface area contributed by atoms with Crippen molar-refractivity contribution in [2.24, 2.45) is 0 Å². The molecule has 3 amide bonds. The third kappa shape index (κ3) is 4.84. The minimum atomic E-state index is -1.09. The number of hydrogen-bond acceptors (Lipinski definition) is 6. The minimum Gasteiger partial charge on any atom is -0.444 e. The van der Waals surface area contributed by atoms with Crippen LogP contribution < -0.4 is 15.1 Å². The molecule has 2 heterocycles. The maximum atomic E-state index is 13.6. The van der Waals surface area contributed by atoms with Crippen LogP contribution in [0.5, 0.6) is 0 Å². The highest BCUT2D eigenvalue weighted by Gasteiger charge is 2.44. The van der Waals surface area contributed by atoms with Crippen molar-refractivity contribution >= 4 is 29.5 Å². The standard InChI is InChI=1S/C25H29N3O6/c1-25(2,3)34-23(31)26-19-13-27(24(32)33-15-16-8-5-4-6-9-16)20-11-7-10-17-12-18(14-29)28(21(17)20)22(19)30/h4-11,18-19,29H,12-15H2,1-3H3,(H,26,31)/t18-,19-/m0/s1. The van der Waals surface area contributed by atoms with Crippen molar-refractivity contribution in [2.45, 2.75) is 51.5 Å². The number of alkyl carbamates (subject to hydrolysis) is 1. The number of para-hydroxylation sites is 1. The number of aliphatic hydroxyl groups is 1.